The van der Waals surface area contributed by atoms with Gasteiger partial charge < -0.3 is 14.6 Å². The van der Waals surface area contributed by atoms with Crippen LogP contribution in [0.4, 0.5) is 0 Å². The summed E-state index contributed by atoms with van der Waals surface area (Å²) >= 11 is 13.1. The third-order valence-electron chi connectivity index (χ3n) is 3.01. The van der Waals surface area contributed by atoms with Crippen molar-refractivity contribution in [3.63, 3.8) is 0 Å². The number of benzene rings is 1. The van der Waals surface area contributed by atoms with E-state index in [0.29, 0.717) is 11.8 Å². The Hall–Kier alpha value is -0.560. The Balaban J connectivity index is 2.11. The van der Waals surface area contributed by atoms with E-state index in [1.165, 1.54) is 5.56 Å². The molecule has 1 aromatic carbocycles. The average Bonchev–Trinajstić information content (AvgIpc) is 2.76. The Morgan fingerprint density at radius 1 is 1.33 bits per heavy atom. The molecule has 0 saturated carbocycles. The van der Waals surface area contributed by atoms with Gasteiger partial charge >= 0.3 is 0 Å². The Morgan fingerprint density at radius 3 is 2.52 bits per heavy atom. The second-order valence-electron chi connectivity index (χ2n) is 4.51. The van der Waals surface area contributed by atoms with Crippen molar-refractivity contribution in [1.29, 1.82) is 0 Å². The minimum absolute atomic E-state index is 0.354. The van der Waals surface area contributed by atoms with Crippen molar-refractivity contribution < 1.29 is 4.74 Å². The van der Waals surface area contributed by atoms with Crippen molar-refractivity contribution in [2.75, 3.05) is 6.54 Å². The fourth-order valence-electron chi connectivity index (χ4n) is 1.82. The number of ether oxygens (including phenoxy) is 1. The molecule has 1 heterocycles. The third kappa shape index (κ3) is 4.22. The molecule has 2 aromatic rings. The summed E-state index contributed by atoms with van der Waals surface area (Å²) in [6, 6.07) is 4.10. The van der Waals surface area contributed by atoms with Gasteiger partial charge in [-0.3, -0.25) is 0 Å². The molecule has 0 amide bonds. The summed E-state index contributed by atoms with van der Waals surface area (Å²) in [6.07, 6.45) is 1.61. The monoisotopic (exact) mass is 435 g/mol. The predicted octanol–water partition coefficient (Wildman–Crippen LogP) is 4.29. The van der Waals surface area contributed by atoms with Gasteiger partial charge in [0, 0.05) is 13.6 Å². The van der Waals surface area contributed by atoms with Crippen molar-refractivity contribution in [3.05, 3.63) is 43.8 Å². The molecule has 7 heteroatoms. The van der Waals surface area contributed by atoms with Crippen LogP contribution >= 0.6 is 43.5 Å². The van der Waals surface area contributed by atoms with Crippen LogP contribution in [0.2, 0.25) is 5.15 Å². The van der Waals surface area contributed by atoms with Gasteiger partial charge in [-0.05, 0) is 56.1 Å². The lowest BCUT2D eigenvalue weighted by molar-refractivity contribution is 0.288. The Labute approximate surface area is 146 Å². The molecule has 114 valence electrons. The lowest BCUT2D eigenvalue weighted by atomic mass is 10.2. The SMILES string of the molecule is CCNCc1cc(Br)c(OCc2ncc(Cl)n2C)c(Br)c1. The first-order chi connectivity index (χ1) is 10.0. The van der Waals surface area contributed by atoms with Crippen LogP contribution < -0.4 is 10.1 Å². The molecule has 21 heavy (non-hydrogen) atoms. The Bertz CT molecular complexity index is 608. The summed E-state index contributed by atoms with van der Waals surface area (Å²) in [5, 5.41) is 3.89. The average molecular weight is 438 g/mol. The number of nitrogens with zero attached hydrogens (tertiary/aromatic N) is 2. The summed E-state index contributed by atoms with van der Waals surface area (Å²) in [5.74, 6) is 1.53. The minimum Gasteiger partial charge on any atom is -0.483 e. The largest absolute Gasteiger partial charge is 0.483 e. The van der Waals surface area contributed by atoms with Crippen LogP contribution in [0.5, 0.6) is 5.75 Å². The molecule has 0 atom stereocenters. The van der Waals surface area contributed by atoms with Crippen molar-refractivity contribution in [2.24, 2.45) is 7.05 Å². The maximum absolute atomic E-state index is 5.96. The van der Waals surface area contributed by atoms with Gasteiger partial charge in [-0.1, -0.05) is 18.5 Å². The number of imidazole rings is 1. The van der Waals surface area contributed by atoms with Crippen LogP contribution in [0.25, 0.3) is 0 Å². The number of hydrogen-bond acceptors (Lipinski definition) is 3. The molecule has 2 rings (SSSR count). The number of halogens is 3. The molecule has 0 aliphatic rings. The summed E-state index contributed by atoms with van der Waals surface area (Å²) in [6.45, 7) is 4.20. The van der Waals surface area contributed by atoms with Crippen LogP contribution in [0, 0.1) is 0 Å². The van der Waals surface area contributed by atoms with Crippen LogP contribution in [-0.4, -0.2) is 16.1 Å². The molecule has 0 aliphatic heterocycles. The van der Waals surface area contributed by atoms with Gasteiger partial charge in [0.25, 0.3) is 0 Å². The van der Waals surface area contributed by atoms with Gasteiger partial charge in [-0.2, -0.15) is 0 Å². The highest BCUT2D eigenvalue weighted by molar-refractivity contribution is 9.11. The zero-order valence-electron chi connectivity index (χ0n) is 11.8. The second kappa shape index (κ2) is 7.63. The number of rotatable bonds is 6. The van der Waals surface area contributed by atoms with Crippen LogP contribution in [0.3, 0.4) is 0 Å². The molecule has 0 unspecified atom stereocenters. The molecule has 0 spiro atoms. The Morgan fingerprint density at radius 2 is 2.00 bits per heavy atom. The zero-order valence-corrected chi connectivity index (χ0v) is 15.7. The first-order valence-electron chi connectivity index (χ1n) is 6.50. The maximum atomic E-state index is 5.96. The quantitative estimate of drug-likeness (QED) is 0.733. The number of nitrogens with one attached hydrogen (secondary N) is 1. The lowest BCUT2D eigenvalue weighted by Gasteiger charge is -2.12. The van der Waals surface area contributed by atoms with Crippen LogP contribution in [0.15, 0.2) is 27.3 Å². The highest BCUT2D eigenvalue weighted by Crippen LogP contribution is 2.35. The van der Waals surface area contributed by atoms with Crippen LogP contribution in [0.1, 0.15) is 18.3 Å². The molecule has 0 aliphatic carbocycles. The van der Waals surface area contributed by atoms with E-state index >= 15 is 0 Å². The van der Waals surface area contributed by atoms with E-state index in [-0.39, 0.29) is 0 Å². The third-order valence-corrected chi connectivity index (χ3v) is 4.54. The molecule has 0 bridgehead atoms. The molecular formula is C14H16Br2ClN3O. The van der Waals surface area contributed by atoms with E-state index in [1.807, 2.05) is 19.2 Å². The highest BCUT2D eigenvalue weighted by atomic mass is 79.9. The van der Waals surface area contributed by atoms with E-state index in [1.54, 1.807) is 10.8 Å². The number of hydrogen-bond donors (Lipinski definition) is 1. The molecule has 1 aromatic heterocycles. The molecule has 0 radical (unpaired) electrons. The maximum Gasteiger partial charge on any atom is 0.148 e. The van der Waals surface area contributed by atoms with E-state index in [9.17, 15) is 0 Å². The normalized spacial score (nSPS) is 10.9. The standard InChI is InChI=1S/C14H16Br2ClN3O/c1-3-18-6-9-4-10(15)14(11(16)5-9)21-8-13-19-7-12(17)20(13)2/h4-5,7,18H,3,6,8H2,1-2H3. The van der Waals surface area contributed by atoms with E-state index in [0.717, 1.165) is 33.6 Å². The van der Waals surface area contributed by atoms with Gasteiger partial charge in [0.2, 0.25) is 0 Å². The van der Waals surface area contributed by atoms with Gasteiger partial charge in [0.1, 0.15) is 23.3 Å². The van der Waals surface area contributed by atoms with Crippen molar-refractivity contribution in [2.45, 2.75) is 20.1 Å². The van der Waals surface area contributed by atoms with Gasteiger partial charge in [0.15, 0.2) is 0 Å². The van der Waals surface area contributed by atoms with E-state index in [2.05, 4.69) is 49.1 Å². The first kappa shape index (κ1) is 16.8. The summed E-state index contributed by atoms with van der Waals surface area (Å²) in [7, 11) is 1.86. The van der Waals surface area contributed by atoms with E-state index < -0.39 is 0 Å². The van der Waals surface area contributed by atoms with E-state index in [4.69, 9.17) is 16.3 Å². The number of aromatic nitrogens is 2. The second-order valence-corrected chi connectivity index (χ2v) is 6.61. The fraction of sp³-hybridized carbons (Fsp3) is 0.357. The zero-order chi connectivity index (χ0) is 15.4. The van der Waals surface area contributed by atoms with Crippen LogP contribution in [-0.2, 0) is 20.2 Å². The smallest absolute Gasteiger partial charge is 0.148 e. The van der Waals surface area contributed by atoms with Gasteiger partial charge in [0.05, 0.1) is 15.1 Å². The van der Waals surface area contributed by atoms with Crippen molar-refractivity contribution >= 4 is 43.5 Å². The van der Waals surface area contributed by atoms with Crippen molar-refractivity contribution in [3.8, 4) is 5.75 Å². The molecular weight excluding hydrogens is 421 g/mol. The summed E-state index contributed by atoms with van der Waals surface area (Å²) in [4.78, 5) is 4.21. The lowest BCUT2D eigenvalue weighted by Crippen LogP contribution is -2.12. The van der Waals surface area contributed by atoms with Gasteiger partial charge in [-0.15, -0.1) is 0 Å². The predicted molar refractivity (Wildman–Crippen MR) is 91.8 cm³/mol. The topological polar surface area (TPSA) is 39.1 Å². The van der Waals surface area contributed by atoms with Crippen molar-refractivity contribution in [1.82, 2.24) is 14.9 Å². The molecule has 1 N–H and O–H groups in total. The summed E-state index contributed by atoms with van der Waals surface area (Å²) in [5.41, 5.74) is 1.18. The Kier molecular flexibility index (Phi) is 6.10. The van der Waals surface area contributed by atoms with Gasteiger partial charge in [-0.25, -0.2) is 4.98 Å². The molecule has 4 nitrogen and oxygen atoms in total. The first-order valence-corrected chi connectivity index (χ1v) is 8.46. The molecule has 0 fully saturated rings. The highest BCUT2D eigenvalue weighted by Gasteiger charge is 2.11. The minimum atomic E-state index is 0.354. The fourth-order valence-corrected chi connectivity index (χ4v) is 3.47. The molecule has 0 saturated heterocycles. The summed E-state index contributed by atoms with van der Waals surface area (Å²) < 4.78 is 9.46.